The summed E-state index contributed by atoms with van der Waals surface area (Å²) in [4.78, 5) is 10.7. The molecule has 80 valence electrons. The lowest BCUT2D eigenvalue weighted by atomic mass is 9.81. The number of carboxylic acid groups (broad SMARTS) is 1. The van der Waals surface area contributed by atoms with Crippen LogP contribution in [0.2, 0.25) is 0 Å². The maximum absolute atomic E-state index is 10.7. The molecule has 0 aliphatic carbocycles. The molecule has 1 aliphatic rings. The molecule has 0 bridgehead atoms. The Hall–Kier alpha value is -1.71. The van der Waals surface area contributed by atoms with E-state index >= 15 is 0 Å². The van der Waals surface area contributed by atoms with Crippen LogP contribution in [0.1, 0.15) is 18.9 Å². The van der Waals surface area contributed by atoms with Crippen LogP contribution in [0.3, 0.4) is 0 Å². The zero-order chi connectivity index (χ0) is 11.1. The molecule has 2 rings (SSSR count). The molecule has 0 radical (unpaired) electrons. The molecule has 1 aromatic rings. The van der Waals surface area contributed by atoms with E-state index in [1.54, 1.807) is 12.1 Å². The summed E-state index contributed by atoms with van der Waals surface area (Å²) >= 11 is 0. The molecule has 1 unspecified atom stereocenters. The Morgan fingerprint density at radius 3 is 3.00 bits per heavy atom. The molecule has 1 heterocycles. The molecule has 1 aromatic carbocycles. The monoisotopic (exact) mass is 208 g/mol. The largest absolute Gasteiger partial charge is 0.508 e. The van der Waals surface area contributed by atoms with Gasteiger partial charge in [-0.15, -0.1) is 0 Å². The van der Waals surface area contributed by atoms with Gasteiger partial charge in [0.05, 0.1) is 13.0 Å². The molecule has 1 atom stereocenters. The van der Waals surface area contributed by atoms with E-state index in [1.165, 1.54) is 6.07 Å². The number of carboxylic acids is 1. The molecule has 0 spiro atoms. The summed E-state index contributed by atoms with van der Waals surface area (Å²) < 4.78 is 5.37. The minimum atomic E-state index is -0.845. The van der Waals surface area contributed by atoms with E-state index in [1.807, 2.05) is 6.92 Å². The minimum Gasteiger partial charge on any atom is -0.508 e. The van der Waals surface area contributed by atoms with Crippen LogP contribution in [0.25, 0.3) is 0 Å². The zero-order valence-corrected chi connectivity index (χ0v) is 8.36. The lowest BCUT2D eigenvalue weighted by Crippen LogP contribution is -2.27. The van der Waals surface area contributed by atoms with Crippen LogP contribution in [-0.4, -0.2) is 22.8 Å². The van der Waals surface area contributed by atoms with Gasteiger partial charge in [0.15, 0.2) is 0 Å². The van der Waals surface area contributed by atoms with Crippen molar-refractivity contribution in [2.24, 2.45) is 0 Å². The van der Waals surface area contributed by atoms with E-state index in [-0.39, 0.29) is 12.2 Å². The first-order valence-corrected chi connectivity index (χ1v) is 4.69. The van der Waals surface area contributed by atoms with Gasteiger partial charge >= 0.3 is 5.97 Å². The lowest BCUT2D eigenvalue weighted by Gasteiger charge is -2.19. The Morgan fingerprint density at radius 2 is 2.33 bits per heavy atom. The second-order valence-electron chi connectivity index (χ2n) is 4.10. The van der Waals surface area contributed by atoms with Crippen molar-refractivity contribution < 1.29 is 19.7 Å². The highest BCUT2D eigenvalue weighted by Gasteiger charge is 2.38. The summed E-state index contributed by atoms with van der Waals surface area (Å²) in [7, 11) is 0. The molecule has 0 saturated carbocycles. The number of fused-ring (bicyclic) bond motifs is 1. The van der Waals surface area contributed by atoms with E-state index in [2.05, 4.69) is 0 Å². The number of rotatable bonds is 2. The Labute approximate surface area is 87.1 Å². The highest BCUT2D eigenvalue weighted by Crippen LogP contribution is 2.42. The predicted octanol–water partition coefficient (Wildman–Crippen LogP) is 1.52. The lowest BCUT2D eigenvalue weighted by molar-refractivity contribution is -0.138. The third kappa shape index (κ3) is 1.63. The second kappa shape index (κ2) is 3.15. The van der Waals surface area contributed by atoms with Crippen molar-refractivity contribution in [2.45, 2.75) is 18.8 Å². The standard InChI is InChI=1S/C11H12O4/c1-11(5-10(13)14)6-15-9-4-7(12)2-3-8(9)11/h2-4,12H,5-6H2,1H3,(H,13,14). The molecule has 4 heteroatoms. The van der Waals surface area contributed by atoms with Crippen LogP contribution in [0.4, 0.5) is 0 Å². The summed E-state index contributed by atoms with van der Waals surface area (Å²) in [6.07, 6.45) is 0.0325. The molecule has 15 heavy (non-hydrogen) atoms. The molecule has 1 aliphatic heterocycles. The van der Waals surface area contributed by atoms with Crippen LogP contribution in [0.15, 0.2) is 18.2 Å². The molecular formula is C11H12O4. The van der Waals surface area contributed by atoms with Crippen LogP contribution >= 0.6 is 0 Å². The van der Waals surface area contributed by atoms with Crippen molar-refractivity contribution in [1.29, 1.82) is 0 Å². The molecular weight excluding hydrogens is 196 g/mol. The molecule has 0 saturated heterocycles. The number of aromatic hydroxyl groups is 1. The van der Waals surface area contributed by atoms with Crippen LogP contribution in [-0.2, 0) is 10.2 Å². The Balaban J connectivity index is 2.39. The summed E-state index contributed by atoms with van der Waals surface area (Å²) in [5.74, 6) is -0.130. The average molecular weight is 208 g/mol. The van der Waals surface area contributed by atoms with Crippen molar-refractivity contribution in [1.82, 2.24) is 0 Å². The van der Waals surface area contributed by atoms with Gasteiger partial charge in [0.1, 0.15) is 11.5 Å². The molecule has 4 nitrogen and oxygen atoms in total. The number of aliphatic carboxylic acids is 1. The first kappa shape index (κ1) is 9.83. The number of phenolic OH excluding ortho intramolecular Hbond substituents is 1. The number of benzene rings is 1. The fourth-order valence-electron chi connectivity index (χ4n) is 1.92. The molecule has 0 fully saturated rings. The van der Waals surface area contributed by atoms with Gasteiger partial charge in [0, 0.05) is 17.0 Å². The summed E-state index contributed by atoms with van der Waals surface area (Å²) in [6.45, 7) is 2.20. The number of carbonyl (C=O) groups is 1. The van der Waals surface area contributed by atoms with Gasteiger partial charge in [-0.3, -0.25) is 4.79 Å². The van der Waals surface area contributed by atoms with Gasteiger partial charge in [0.25, 0.3) is 0 Å². The van der Waals surface area contributed by atoms with Crippen LogP contribution in [0, 0.1) is 0 Å². The van der Waals surface area contributed by atoms with Crippen molar-refractivity contribution in [3.8, 4) is 11.5 Å². The molecule has 2 N–H and O–H groups in total. The van der Waals surface area contributed by atoms with Crippen molar-refractivity contribution in [3.05, 3.63) is 23.8 Å². The van der Waals surface area contributed by atoms with Gasteiger partial charge in [-0.05, 0) is 6.07 Å². The first-order chi connectivity index (χ1) is 7.01. The first-order valence-electron chi connectivity index (χ1n) is 4.69. The quantitative estimate of drug-likeness (QED) is 0.773. The summed E-state index contributed by atoms with van der Waals surface area (Å²) in [5, 5.41) is 18.1. The van der Waals surface area contributed by atoms with Crippen molar-refractivity contribution in [2.75, 3.05) is 6.61 Å². The van der Waals surface area contributed by atoms with Gasteiger partial charge in [-0.2, -0.15) is 0 Å². The maximum atomic E-state index is 10.7. The maximum Gasteiger partial charge on any atom is 0.304 e. The smallest absolute Gasteiger partial charge is 0.304 e. The van der Waals surface area contributed by atoms with Crippen LogP contribution in [0.5, 0.6) is 11.5 Å². The average Bonchev–Trinajstić information content (AvgIpc) is 2.42. The second-order valence-corrected chi connectivity index (χ2v) is 4.10. The Kier molecular flexibility index (Phi) is 2.07. The topological polar surface area (TPSA) is 66.8 Å². The number of phenols is 1. The van der Waals surface area contributed by atoms with Crippen molar-refractivity contribution in [3.63, 3.8) is 0 Å². The Bertz CT molecular complexity index is 413. The Morgan fingerprint density at radius 1 is 1.60 bits per heavy atom. The van der Waals surface area contributed by atoms with Gasteiger partial charge in [-0.1, -0.05) is 13.0 Å². The highest BCUT2D eigenvalue weighted by molar-refractivity contribution is 5.70. The van der Waals surface area contributed by atoms with Gasteiger partial charge < -0.3 is 14.9 Å². The van der Waals surface area contributed by atoms with E-state index in [4.69, 9.17) is 9.84 Å². The van der Waals surface area contributed by atoms with Crippen molar-refractivity contribution >= 4 is 5.97 Å². The third-order valence-electron chi connectivity index (χ3n) is 2.70. The SMILES string of the molecule is CC1(CC(=O)O)COc2cc(O)ccc21. The predicted molar refractivity (Wildman–Crippen MR) is 53.2 cm³/mol. The number of hydrogen-bond donors (Lipinski definition) is 2. The summed E-state index contributed by atoms with van der Waals surface area (Å²) in [6, 6.07) is 4.79. The van der Waals surface area contributed by atoms with E-state index in [9.17, 15) is 9.90 Å². The minimum absolute atomic E-state index is 0.0325. The van der Waals surface area contributed by atoms with E-state index < -0.39 is 11.4 Å². The van der Waals surface area contributed by atoms with E-state index in [0.29, 0.717) is 12.4 Å². The third-order valence-corrected chi connectivity index (χ3v) is 2.70. The number of hydrogen-bond acceptors (Lipinski definition) is 3. The normalized spacial score (nSPS) is 23.3. The highest BCUT2D eigenvalue weighted by atomic mass is 16.5. The van der Waals surface area contributed by atoms with Gasteiger partial charge in [-0.25, -0.2) is 0 Å². The summed E-state index contributed by atoms with van der Waals surface area (Å²) in [5.41, 5.74) is 0.359. The van der Waals surface area contributed by atoms with Crippen LogP contribution < -0.4 is 4.74 Å². The molecule has 0 amide bonds. The van der Waals surface area contributed by atoms with E-state index in [0.717, 1.165) is 5.56 Å². The molecule has 0 aromatic heterocycles. The zero-order valence-electron chi connectivity index (χ0n) is 8.36. The fraction of sp³-hybridized carbons (Fsp3) is 0.364. The number of ether oxygens (including phenoxy) is 1. The fourth-order valence-corrected chi connectivity index (χ4v) is 1.92. The van der Waals surface area contributed by atoms with Gasteiger partial charge in [0.2, 0.25) is 0 Å².